The van der Waals surface area contributed by atoms with Gasteiger partial charge in [-0.1, -0.05) is 13.8 Å². The lowest BCUT2D eigenvalue weighted by atomic mass is 9.96. The van der Waals surface area contributed by atoms with E-state index in [1.54, 1.807) is 0 Å². The highest BCUT2D eigenvalue weighted by Crippen LogP contribution is 2.21. The van der Waals surface area contributed by atoms with Gasteiger partial charge in [0.2, 0.25) is 0 Å². The first kappa shape index (κ1) is 12.7. The van der Waals surface area contributed by atoms with Gasteiger partial charge in [-0.05, 0) is 31.1 Å². The molecule has 0 spiro atoms. The molecule has 2 aliphatic heterocycles. The largest absolute Gasteiger partial charge is 0.391 e. The number of likely N-dealkylation sites (tertiary alicyclic amines) is 2. The Morgan fingerprint density at radius 1 is 1.12 bits per heavy atom. The van der Waals surface area contributed by atoms with Gasteiger partial charge >= 0.3 is 6.03 Å². The minimum absolute atomic E-state index is 0.127. The van der Waals surface area contributed by atoms with Crippen LogP contribution in [0.1, 0.15) is 33.1 Å². The zero-order valence-electron chi connectivity index (χ0n) is 10.9. The van der Waals surface area contributed by atoms with Gasteiger partial charge in [-0.3, -0.25) is 0 Å². The summed E-state index contributed by atoms with van der Waals surface area (Å²) in [5.74, 6) is 0.931. The fourth-order valence-corrected chi connectivity index (χ4v) is 2.79. The van der Waals surface area contributed by atoms with Crippen LogP contribution in [0.4, 0.5) is 4.79 Å². The third-order valence-electron chi connectivity index (χ3n) is 4.12. The standard InChI is InChI=1S/C13H24N2O2/c1-10-4-3-6-14(8-10)13(17)15-7-5-11(2)12(16)9-15/h10-12,16H,3-9H2,1-2H3. The molecule has 0 bridgehead atoms. The van der Waals surface area contributed by atoms with Crippen LogP contribution < -0.4 is 0 Å². The Labute approximate surface area is 104 Å². The van der Waals surface area contributed by atoms with E-state index in [4.69, 9.17) is 0 Å². The maximum Gasteiger partial charge on any atom is 0.320 e. The lowest BCUT2D eigenvalue weighted by Gasteiger charge is -2.39. The molecule has 17 heavy (non-hydrogen) atoms. The summed E-state index contributed by atoms with van der Waals surface area (Å²) in [6.07, 6.45) is 2.90. The van der Waals surface area contributed by atoms with Crippen LogP contribution in [-0.4, -0.2) is 53.2 Å². The van der Waals surface area contributed by atoms with Crippen molar-refractivity contribution in [3.05, 3.63) is 0 Å². The molecule has 2 amide bonds. The van der Waals surface area contributed by atoms with Crippen LogP contribution in [0.3, 0.4) is 0 Å². The molecule has 2 fully saturated rings. The Hall–Kier alpha value is -0.770. The van der Waals surface area contributed by atoms with E-state index >= 15 is 0 Å². The molecule has 3 atom stereocenters. The van der Waals surface area contributed by atoms with E-state index in [0.717, 1.165) is 32.5 Å². The molecular weight excluding hydrogens is 216 g/mol. The molecular formula is C13H24N2O2. The SMILES string of the molecule is CC1CCCN(C(=O)N2CCC(C)C(O)C2)C1. The third kappa shape index (κ3) is 2.92. The second kappa shape index (κ2) is 5.25. The number of aliphatic hydroxyl groups excluding tert-OH is 1. The maximum atomic E-state index is 12.3. The smallest absolute Gasteiger partial charge is 0.320 e. The number of piperidine rings is 2. The fraction of sp³-hybridized carbons (Fsp3) is 0.923. The molecule has 0 saturated carbocycles. The molecule has 1 N–H and O–H groups in total. The van der Waals surface area contributed by atoms with Crippen LogP contribution in [0.15, 0.2) is 0 Å². The summed E-state index contributed by atoms with van der Waals surface area (Å²) in [6.45, 7) is 7.31. The van der Waals surface area contributed by atoms with E-state index in [-0.39, 0.29) is 12.1 Å². The van der Waals surface area contributed by atoms with Crippen LogP contribution in [0, 0.1) is 11.8 Å². The van der Waals surface area contributed by atoms with Gasteiger partial charge in [0.1, 0.15) is 0 Å². The molecule has 2 heterocycles. The highest BCUT2D eigenvalue weighted by molar-refractivity contribution is 5.74. The number of β-amino-alcohol motifs (C(OH)–C–C–N with tert-alkyl or cyclic N) is 1. The minimum atomic E-state index is -0.352. The zero-order chi connectivity index (χ0) is 12.4. The number of aliphatic hydroxyl groups is 1. The number of carbonyl (C=O) groups is 1. The summed E-state index contributed by atoms with van der Waals surface area (Å²) in [6, 6.07) is 0.127. The third-order valence-corrected chi connectivity index (χ3v) is 4.12. The van der Waals surface area contributed by atoms with Crippen LogP contribution in [0.5, 0.6) is 0 Å². The topological polar surface area (TPSA) is 43.8 Å². The Morgan fingerprint density at radius 3 is 2.47 bits per heavy atom. The van der Waals surface area contributed by atoms with Crippen molar-refractivity contribution in [3.8, 4) is 0 Å². The van der Waals surface area contributed by atoms with E-state index in [0.29, 0.717) is 18.4 Å². The van der Waals surface area contributed by atoms with Crippen molar-refractivity contribution in [1.29, 1.82) is 0 Å². The molecule has 0 aromatic heterocycles. The Balaban J connectivity index is 1.91. The molecule has 4 nitrogen and oxygen atoms in total. The van der Waals surface area contributed by atoms with Gasteiger partial charge in [0.05, 0.1) is 6.10 Å². The van der Waals surface area contributed by atoms with Crippen molar-refractivity contribution in [1.82, 2.24) is 9.80 Å². The molecule has 3 unspecified atom stereocenters. The average Bonchev–Trinajstić information content (AvgIpc) is 2.32. The number of amides is 2. The normalized spacial score (nSPS) is 34.9. The van der Waals surface area contributed by atoms with E-state index < -0.39 is 0 Å². The zero-order valence-corrected chi connectivity index (χ0v) is 10.9. The quantitative estimate of drug-likeness (QED) is 0.698. The number of hydrogen-bond donors (Lipinski definition) is 1. The maximum absolute atomic E-state index is 12.3. The fourth-order valence-electron chi connectivity index (χ4n) is 2.79. The summed E-state index contributed by atoms with van der Waals surface area (Å²) < 4.78 is 0. The van der Waals surface area contributed by atoms with Crippen molar-refractivity contribution in [2.24, 2.45) is 11.8 Å². The average molecular weight is 240 g/mol. The van der Waals surface area contributed by atoms with Crippen molar-refractivity contribution in [2.45, 2.75) is 39.2 Å². The second-order valence-electron chi connectivity index (χ2n) is 5.76. The first-order valence-electron chi connectivity index (χ1n) is 6.80. The van der Waals surface area contributed by atoms with Crippen molar-refractivity contribution < 1.29 is 9.90 Å². The predicted molar refractivity (Wildman–Crippen MR) is 66.7 cm³/mol. The summed E-state index contributed by atoms with van der Waals surface area (Å²) in [5, 5.41) is 9.83. The van der Waals surface area contributed by atoms with Crippen LogP contribution in [0.25, 0.3) is 0 Å². The molecule has 2 rings (SSSR count). The van der Waals surface area contributed by atoms with Gasteiger partial charge in [0, 0.05) is 26.2 Å². The molecule has 0 aliphatic carbocycles. The van der Waals surface area contributed by atoms with Crippen molar-refractivity contribution in [2.75, 3.05) is 26.2 Å². The summed E-state index contributed by atoms with van der Waals surface area (Å²) in [7, 11) is 0. The first-order valence-corrected chi connectivity index (χ1v) is 6.80. The molecule has 2 saturated heterocycles. The van der Waals surface area contributed by atoms with Crippen molar-refractivity contribution in [3.63, 3.8) is 0 Å². The Kier molecular flexibility index (Phi) is 3.92. The van der Waals surface area contributed by atoms with Gasteiger partial charge in [-0.2, -0.15) is 0 Å². The van der Waals surface area contributed by atoms with Crippen molar-refractivity contribution >= 4 is 6.03 Å². The van der Waals surface area contributed by atoms with Gasteiger partial charge < -0.3 is 14.9 Å². The number of nitrogens with zero attached hydrogens (tertiary/aromatic N) is 2. The molecule has 0 aromatic rings. The van der Waals surface area contributed by atoms with E-state index in [2.05, 4.69) is 13.8 Å². The summed E-state index contributed by atoms with van der Waals surface area (Å²) in [4.78, 5) is 16.1. The number of rotatable bonds is 0. The molecule has 98 valence electrons. The molecule has 0 radical (unpaired) electrons. The van der Waals surface area contributed by atoms with E-state index in [1.807, 2.05) is 9.80 Å². The van der Waals surface area contributed by atoms with Gasteiger partial charge in [0.15, 0.2) is 0 Å². The van der Waals surface area contributed by atoms with Gasteiger partial charge in [-0.15, -0.1) is 0 Å². The van der Waals surface area contributed by atoms with Gasteiger partial charge in [0.25, 0.3) is 0 Å². The Morgan fingerprint density at radius 2 is 1.82 bits per heavy atom. The molecule has 2 aliphatic rings. The van der Waals surface area contributed by atoms with Crippen LogP contribution >= 0.6 is 0 Å². The number of hydrogen-bond acceptors (Lipinski definition) is 2. The van der Waals surface area contributed by atoms with Gasteiger partial charge in [-0.25, -0.2) is 4.79 Å². The lowest BCUT2D eigenvalue weighted by Crippen LogP contribution is -2.52. The second-order valence-corrected chi connectivity index (χ2v) is 5.76. The predicted octanol–water partition coefficient (Wildman–Crippen LogP) is 1.54. The number of urea groups is 1. The van der Waals surface area contributed by atoms with E-state index in [1.165, 1.54) is 6.42 Å². The molecule has 4 heteroatoms. The first-order chi connectivity index (χ1) is 8.08. The molecule has 0 aromatic carbocycles. The number of carbonyl (C=O) groups excluding carboxylic acids is 1. The minimum Gasteiger partial charge on any atom is -0.391 e. The summed E-state index contributed by atoms with van der Waals surface area (Å²) in [5.41, 5.74) is 0. The van der Waals surface area contributed by atoms with Crippen LogP contribution in [-0.2, 0) is 0 Å². The monoisotopic (exact) mass is 240 g/mol. The Bertz CT molecular complexity index is 283. The summed E-state index contributed by atoms with van der Waals surface area (Å²) >= 11 is 0. The lowest BCUT2D eigenvalue weighted by molar-refractivity contribution is 0.0321. The highest BCUT2D eigenvalue weighted by atomic mass is 16.3. The van der Waals surface area contributed by atoms with E-state index in [9.17, 15) is 9.90 Å². The van der Waals surface area contributed by atoms with Crippen LogP contribution in [0.2, 0.25) is 0 Å². The highest BCUT2D eigenvalue weighted by Gasteiger charge is 2.31.